The number of nitrogens with one attached hydrogen (secondary N) is 1. The fraction of sp³-hybridized carbons (Fsp3) is 0.538. The Morgan fingerprint density at radius 3 is 2.76 bits per heavy atom. The lowest BCUT2D eigenvalue weighted by Crippen LogP contribution is -2.46. The van der Waals surface area contributed by atoms with Crippen LogP contribution in [0.25, 0.3) is 0 Å². The van der Waals surface area contributed by atoms with E-state index in [2.05, 4.69) is 34.5 Å². The van der Waals surface area contributed by atoms with E-state index in [-0.39, 0.29) is 12.4 Å². The molecule has 4 heteroatoms. The third-order valence-corrected chi connectivity index (χ3v) is 3.52. The molecule has 2 heterocycles. The standard InChI is InChI=1S/C13H18N2O.ClH/c1-2-4-13-11(3-1)12(5-10-16-13)15-8-6-14-7-9-15;/h1-4,12,14H,5-10H2;1H. The molecule has 0 radical (unpaired) electrons. The highest BCUT2D eigenvalue weighted by Gasteiger charge is 2.27. The van der Waals surface area contributed by atoms with Gasteiger partial charge in [0.2, 0.25) is 0 Å². The summed E-state index contributed by atoms with van der Waals surface area (Å²) in [6.45, 7) is 5.38. The first-order valence-corrected chi connectivity index (χ1v) is 6.11. The highest BCUT2D eigenvalue weighted by atomic mass is 35.5. The van der Waals surface area contributed by atoms with Crippen LogP contribution < -0.4 is 10.1 Å². The molecule has 2 aliphatic heterocycles. The maximum atomic E-state index is 5.70. The summed E-state index contributed by atoms with van der Waals surface area (Å²) >= 11 is 0. The number of piperazine rings is 1. The number of rotatable bonds is 1. The van der Waals surface area contributed by atoms with Gasteiger partial charge in [0.05, 0.1) is 6.61 Å². The van der Waals surface area contributed by atoms with Gasteiger partial charge in [0, 0.05) is 44.2 Å². The molecule has 0 aromatic heterocycles. The normalized spacial score (nSPS) is 24.4. The van der Waals surface area contributed by atoms with E-state index in [1.54, 1.807) is 0 Å². The van der Waals surface area contributed by atoms with Crippen LogP contribution in [0.15, 0.2) is 24.3 Å². The molecular formula is C13H19ClN2O. The molecule has 1 aromatic rings. The second kappa shape index (κ2) is 5.71. The van der Waals surface area contributed by atoms with Crippen LogP contribution in [0.4, 0.5) is 0 Å². The van der Waals surface area contributed by atoms with E-state index in [1.807, 2.05) is 0 Å². The van der Waals surface area contributed by atoms with E-state index < -0.39 is 0 Å². The molecule has 94 valence electrons. The predicted molar refractivity (Wildman–Crippen MR) is 71.0 cm³/mol. The number of fused-ring (bicyclic) bond motifs is 1. The topological polar surface area (TPSA) is 24.5 Å². The van der Waals surface area contributed by atoms with Gasteiger partial charge >= 0.3 is 0 Å². The Bertz CT molecular complexity index is 366. The van der Waals surface area contributed by atoms with Gasteiger partial charge in [-0.1, -0.05) is 18.2 Å². The average Bonchev–Trinajstić information content (AvgIpc) is 2.39. The van der Waals surface area contributed by atoms with Crippen molar-refractivity contribution in [2.24, 2.45) is 0 Å². The van der Waals surface area contributed by atoms with Crippen molar-refractivity contribution in [3.05, 3.63) is 29.8 Å². The van der Waals surface area contributed by atoms with Crippen LogP contribution in [-0.2, 0) is 0 Å². The van der Waals surface area contributed by atoms with Crippen LogP contribution in [0.5, 0.6) is 5.75 Å². The first-order valence-electron chi connectivity index (χ1n) is 6.11. The highest BCUT2D eigenvalue weighted by Crippen LogP contribution is 2.35. The molecule has 1 saturated heterocycles. The SMILES string of the molecule is Cl.c1ccc2c(c1)OCCC2N1CCNCC1. The Kier molecular flexibility index (Phi) is 4.26. The molecule has 1 N–H and O–H groups in total. The van der Waals surface area contributed by atoms with Crippen molar-refractivity contribution in [2.45, 2.75) is 12.5 Å². The molecule has 2 aliphatic rings. The van der Waals surface area contributed by atoms with Crippen molar-refractivity contribution in [3.8, 4) is 5.75 Å². The molecule has 0 saturated carbocycles. The third kappa shape index (κ3) is 2.57. The lowest BCUT2D eigenvalue weighted by Gasteiger charge is -2.38. The Morgan fingerprint density at radius 2 is 1.94 bits per heavy atom. The monoisotopic (exact) mass is 254 g/mol. The Morgan fingerprint density at radius 1 is 1.18 bits per heavy atom. The molecule has 17 heavy (non-hydrogen) atoms. The van der Waals surface area contributed by atoms with Crippen LogP contribution >= 0.6 is 12.4 Å². The number of halogens is 1. The summed E-state index contributed by atoms with van der Waals surface area (Å²) in [5.41, 5.74) is 1.37. The zero-order valence-corrected chi connectivity index (χ0v) is 10.7. The van der Waals surface area contributed by atoms with Gasteiger partial charge in [-0.15, -0.1) is 12.4 Å². The smallest absolute Gasteiger partial charge is 0.124 e. The quantitative estimate of drug-likeness (QED) is 0.828. The number of nitrogens with zero attached hydrogens (tertiary/aromatic N) is 1. The zero-order valence-electron chi connectivity index (χ0n) is 9.89. The van der Waals surface area contributed by atoms with E-state index in [9.17, 15) is 0 Å². The summed E-state index contributed by atoms with van der Waals surface area (Å²) in [5, 5.41) is 3.40. The van der Waals surface area contributed by atoms with Gasteiger partial charge in [-0.25, -0.2) is 0 Å². The highest BCUT2D eigenvalue weighted by molar-refractivity contribution is 5.85. The summed E-state index contributed by atoms with van der Waals surface area (Å²) in [7, 11) is 0. The number of ether oxygens (including phenoxy) is 1. The number of benzene rings is 1. The first kappa shape index (κ1) is 12.7. The fourth-order valence-corrected chi connectivity index (χ4v) is 2.70. The van der Waals surface area contributed by atoms with Gasteiger partial charge in [0.15, 0.2) is 0 Å². The Hall–Kier alpha value is -0.770. The fourth-order valence-electron chi connectivity index (χ4n) is 2.70. The third-order valence-electron chi connectivity index (χ3n) is 3.52. The lowest BCUT2D eigenvalue weighted by molar-refractivity contribution is 0.126. The molecule has 1 fully saturated rings. The van der Waals surface area contributed by atoms with Gasteiger partial charge < -0.3 is 10.1 Å². The van der Waals surface area contributed by atoms with E-state index in [0.29, 0.717) is 6.04 Å². The van der Waals surface area contributed by atoms with E-state index in [1.165, 1.54) is 5.56 Å². The lowest BCUT2D eigenvalue weighted by atomic mass is 9.98. The maximum absolute atomic E-state index is 5.70. The summed E-state index contributed by atoms with van der Waals surface area (Å²) in [5.74, 6) is 1.08. The molecular weight excluding hydrogens is 236 g/mol. The molecule has 1 unspecified atom stereocenters. The van der Waals surface area contributed by atoms with Crippen molar-refractivity contribution in [1.29, 1.82) is 0 Å². The molecule has 0 spiro atoms. The molecule has 0 bridgehead atoms. The minimum absolute atomic E-state index is 0. The molecule has 1 aromatic carbocycles. The van der Waals surface area contributed by atoms with Gasteiger partial charge in [-0.2, -0.15) is 0 Å². The van der Waals surface area contributed by atoms with Gasteiger partial charge in [0.25, 0.3) is 0 Å². The largest absolute Gasteiger partial charge is 0.493 e. The van der Waals surface area contributed by atoms with E-state index in [4.69, 9.17) is 4.74 Å². The average molecular weight is 255 g/mol. The minimum Gasteiger partial charge on any atom is -0.493 e. The van der Waals surface area contributed by atoms with E-state index >= 15 is 0 Å². The number of para-hydroxylation sites is 1. The van der Waals surface area contributed by atoms with Crippen LogP contribution in [0.1, 0.15) is 18.0 Å². The van der Waals surface area contributed by atoms with Gasteiger partial charge in [-0.3, -0.25) is 4.90 Å². The number of hydrogen-bond donors (Lipinski definition) is 1. The molecule has 0 aliphatic carbocycles. The summed E-state index contributed by atoms with van der Waals surface area (Å²) in [4.78, 5) is 2.58. The summed E-state index contributed by atoms with van der Waals surface area (Å²) in [6, 6.07) is 9.03. The van der Waals surface area contributed by atoms with Gasteiger partial charge in [-0.05, 0) is 6.07 Å². The van der Waals surface area contributed by atoms with Crippen LogP contribution in [0.3, 0.4) is 0 Å². The molecule has 0 amide bonds. The Labute approximate surface area is 109 Å². The van der Waals surface area contributed by atoms with Crippen LogP contribution in [0.2, 0.25) is 0 Å². The van der Waals surface area contributed by atoms with Crippen molar-refractivity contribution in [1.82, 2.24) is 10.2 Å². The zero-order chi connectivity index (χ0) is 10.8. The molecule has 1 atom stereocenters. The van der Waals surface area contributed by atoms with Crippen molar-refractivity contribution >= 4 is 12.4 Å². The molecule has 3 rings (SSSR count). The van der Waals surface area contributed by atoms with Crippen molar-refractivity contribution < 1.29 is 4.74 Å². The Balaban J connectivity index is 0.00000108. The predicted octanol–water partition coefficient (Wildman–Crippen LogP) is 1.84. The van der Waals surface area contributed by atoms with E-state index in [0.717, 1.165) is 45.0 Å². The summed E-state index contributed by atoms with van der Waals surface area (Å²) in [6.07, 6.45) is 1.12. The van der Waals surface area contributed by atoms with Crippen molar-refractivity contribution in [2.75, 3.05) is 32.8 Å². The van der Waals surface area contributed by atoms with Crippen molar-refractivity contribution in [3.63, 3.8) is 0 Å². The summed E-state index contributed by atoms with van der Waals surface area (Å²) < 4.78 is 5.70. The first-order chi connectivity index (χ1) is 7.95. The molecule has 3 nitrogen and oxygen atoms in total. The minimum atomic E-state index is 0. The second-order valence-corrected chi connectivity index (χ2v) is 4.48. The van der Waals surface area contributed by atoms with Crippen LogP contribution in [0, 0.1) is 0 Å². The second-order valence-electron chi connectivity index (χ2n) is 4.48. The number of hydrogen-bond acceptors (Lipinski definition) is 3. The van der Waals surface area contributed by atoms with Gasteiger partial charge in [0.1, 0.15) is 5.75 Å². The maximum Gasteiger partial charge on any atom is 0.124 e. The van der Waals surface area contributed by atoms with Crippen LogP contribution in [-0.4, -0.2) is 37.7 Å².